The van der Waals surface area contributed by atoms with Gasteiger partial charge in [0.1, 0.15) is 6.04 Å². The van der Waals surface area contributed by atoms with Crippen LogP contribution in [0.25, 0.3) is 0 Å². The molecule has 6 heteroatoms. The van der Waals surface area contributed by atoms with Crippen LogP contribution in [0.4, 0.5) is 0 Å². The molecule has 1 heterocycles. The molecule has 0 aromatic carbocycles. The summed E-state index contributed by atoms with van der Waals surface area (Å²) in [6.07, 6.45) is 0. The van der Waals surface area contributed by atoms with E-state index in [-0.39, 0.29) is 5.97 Å². The second-order valence-corrected chi connectivity index (χ2v) is 4.09. The lowest BCUT2D eigenvalue weighted by Crippen LogP contribution is -2.31. The average molecular weight is 244 g/mol. The Morgan fingerprint density at radius 2 is 2.38 bits per heavy atom. The number of thiazole rings is 1. The zero-order valence-electron chi connectivity index (χ0n) is 9.65. The van der Waals surface area contributed by atoms with Crippen LogP contribution in [0.15, 0.2) is 5.51 Å². The maximum atomic E-state index is 11.6. The number of carbonyl (C=O) groups is 1. The Labute approximate surface area is 98.8 Å². The van der Waals surface area contributed by atoms with Crippen molar-refractivity contribution < 1.29 is 14.3 Å². The fourth-order valence-electron chi connectivity index (χ4n) is 1.29. The highest BCUT2D eigenvalue weighted by molar-refractivity contribution is 7.10. The molecule has 0 amide bonds. The predicted molar refractivity (Wildman–Crippen MR) is 61.5 cm³/mol. The van der Waals surface area contributed by atoms with Gasteiger partial charge in [-0.25, -0.2) is 9.78 Å². The Hall–Kier alpha value is -0.980. The van der Waals surface area contributed by atoms with Crippen LogP contribution in [0.5, 0.6) is 0 Å². The Morgan fingerprint density at radius 3 is 2.88 bits per heavy atom. The van der Waals surface area contributed by atoms with Crippen LogP contribution in [0.3, 0.4) is 0 Å². The molecular weight excluding hydrogens is 228 g/mol. The van der Waals surface area contributed by atoms with Crippen molar-refractivity contribution in [2.45, 2.75) is 13.0 Å². The Kier molecular flexibility index (Phi) is 5.37. The van der Waals surface area contributed by atoms with Gasteiger partial charge in [-0.1, -0.05) is 0 Å². The second kappa shape index (κ2) is 6.57. The molecule has 1 rings (SSSR count). The number of nitrogens with zero attached hydrogens (tertiary/aromatic N) is 1. The number of aryl methyl sites for hydroxylation is 1. The molecular formula is C10H16N2O3S. The van der Waals surface area contributed by atoms with Gasteiger partial charge in [-0.15, -0.1) is 11.3 Å². The molecule has 1 unspecified atom stereocenters. The molecule has 5 nitrogen and oxygen atoms in total. The first-order valence-electron chi connectivity index (χ1n) is 4.90. The second-order valence-electron chi connectivity index (χ2n) is 3.21. The van der Waals surface area contributed by atoms with Crippen LogP contribution in [0.2, 0.25) is 0 Å². The molecule has 0 spiro atoms. The van der Waals surface area contributed by atoms with Crippen LogP contribution >= 0.6 is 11.3 Å². The van der Waals surface area contributed by atoms with Crippen molar-refractivity contribution in [3.05, 3.63) is 16.1 Å². The first-order valence-corrected chi connectivity index (χ1v) is 5.78. The van der Waals surface area contributed by atoms with Gasteiger partial charge < -0.3 is 9.47 Å². The number of aromatic nitrogens is 1. The number of methoxy groups -OCH3 is 2. The van der Waals surface area contributed by atoms with E-state index >= 15 is 0 Å². The molecule has 0 radical (unpaired) electrons. The normalized spacial score (nSPS) is 12.4. The van der Waals surface area contributed by atoms with Crippen molar-refractivity contribution in [3.63, 3.8) is 0 Å². The molecule has 0 aliphatic rings. The zero-order valence-corrected chi connectivity index (χ0v) is 10.5. The fraction of sp³-hybridized carbons (Fsp3) is 0.600. The maximum Gasteiger partial charge on any atom is 0.328 e. The van der Waals surface area contributed by atoms with Crippen molar-refractivity contribution >= 4 is 17.3 Å². The van der Waals surface area contributed by atoms with E-state index in [2.05, 4.69) is 10.3 Å². The minimum Gasteiger partial charge on any atom is -0.468 e. The summed E-state index contributed by atoms with van der Waals surface area (Å²) in [6.45, 7) is 3.01. The lowest BCUT2D eigenvalue weighted by Gasteiger charge is -2.15. The summed E-state index contributed by atoms with van der Waals surface area (Å²) in [6, 6.07) is -0.451. The van der Waals surface area contributed by atoms with Gasteiger partial charge >= 0.3 is 5.97 Å². The number of hydrogen-bond acceptors (Lipinski definition) is 6. The summed E-state index contributed by atoms with van der Waals surface area (Å²) in [5, 5.41) is 3.09. The highest BCUT2D eigenvalue weighted by Crippen LogP contribution is 2.22. The van der Waals surface area contributed by atoms with Gasteiger partial charge in [-0.05, 0) is 6.92 Å². The Balaban J connectivity index is 2.72. The molecule has 0 fully saturated rings. The lowest BCUT2D eigenvalue weighted by molar-refractivity contribution is -0.143. The zero-order chi connectivity index (χ0) is 12.0. The molecule has 16 heavy (non-hydrogen) atoms. The van der Waals surface area contributed by atoms with E-state index in [0.717, 1.165) is 10.6 Å². The lowest BCUT2D eigenvalue weighted by atomic mass is 10.2. The first-order chi connectivity index (χ1) is 7.70. The van der Waals surface area contributed by atoms with Gasteiger partial charge in [0, 0.05) is 13.7 Å². The quantitative estimate of drug-likeness (QED) is 0.595. The van der Waals surface area contributed by atoms with Crippen molar-refractivity contribution in [2.24, 2.45) is 0 Å². The van der Waals surface area contributed by atoms with E-state index in [4.69, 9.17) is 9.47 Å². The molecule has 90 valence electrons. The summed E-state index contributed by atoms with van der Waals surface area (Å²) in [4.78, 5) is 16.6. The minimum atomic E-state index is -0.451. The van der Waals surface area contributed by atoms with E-state index in [1.807, 2.05) is 6.92 Å². The third kappa shape index (κ3) is 3.26. The van der Waals surface area contributed by atoms with Gasteiger partial charge in [0.25, 0.3) is 0 Å². The Bertz CT molecular complexity index is 341. The predicted octanol–water partition coefficient (Wildman–Crippen LogP) is 0.902. The van der Waals surface area contributed by atoms with Gasteiger partial charge in [-0.2, -0.15) is 0 Å². The molecule has 0 aliphatic heterocycles. The number of rotatable bonds is 6. The number of carbonyl (C=O) groups excluding carboxylic acids is 1. The number of nitrogens with one attached hydrogen (secondary N) is 1. The van der Waals surface area contributed by atoms with Crippen LogP contribution in [-0.2, 0) is 14.3 Å². The standard InChI is InChI=1S/C10H16N2O3S/c1-7-9(16-6-12-7)8(10(13)15-3)11-4-5-14-2/h6,8,11H,4-5H2,1-3H3. The van der Waals surface area contributed by atoms with E-state index in [1.165, 1.54) is 18.4 Å². The van der Waals surface area contributed by atoms with Gasteiger partial charge in [0.2, 0.25) is 0 Å². The molecule has 0 aliphatic carbocycles. The SMILES string of the molecule is COCCNC(C(=O)OC)c1scnc1C. The molecule has 1 aromatic rings. The summed E-state index contributed by atoms with van der Waals surface area (Å²) in [5.74, 6) is -0.302. The van der Waals surface area contributed by atoms with E-state index in [9.17, 15) is 4.79 Å². The highest BCUT2D eigenvalue weighted by Gasteiger charge is 2.24. The third-order valence-electron chi connectivity index (χ3n) is 2.14. The fourth-order valence-corrected chi connectivity index (χ4v) is 2.16. The first kappa shape index (κ1) is 13.1. The molecule has 1 N–H and O–H groups in total. The number of ether oxygens (including phenoxy) is 2. The topological polar surface area (TPSA) is 60.5 Å². The molecule has 0 saturated heterocycles. The maximum absolute atomic E-state index is 11.6. The molecule has 0 bridgehead atoms. The molecule has 1 atom stereocenters. The summed E-state index contributed by atoms with van der Waals surface area (Å²) in [7, 11) is 3.00. The van der Waals surface area contributed by atoms with Crippen molar-refractivity contribution in [1.29, 1.82) is 0 Å². The van der Waals surface area contributed by atoms with E-state index in [0.29, 0.717) is 13.2 Å². The van der Waals surface area contributed by atoms with Gasteiger partial charge in [-0.3, -0.25) is 5.32 Å². The van der Waals surface area contributed by atoms with Gasteiger partial charge in [0.15, 0.2) is 0 Å². The Morgan fingerprint density at radius 1 is 1.62 bits per heavy atom. The van der Waals surface area contributed by atoms with Crippen molar-refractivity contribution in [2.75, 3.05) is 27.4 Å². The van der Waals surface area contributed by atoms with E-state index in [1.54, 1.807) is 12.6 Å². The number of hydrogen-bond donors (Lipinski definition) is 1. The monoisotopic (exact) mass is 244 g/mol. The average Bonchev–Trinajstić information content (AvgIpc) is 2.70. The van der Waals surface area contributed by atoms with Crippen LogP contribution < -0.4 is 5.32 Å². The summed E-state index contributed by atoms with van der Waals surface area (Å²) < 4.78 is 9.68. The van der Waals surface area contributed by atoms with Crippen LogP contribution in [-0.4, -0.2) is 38.3 Å². The number of esters is 1. The van der Waals surface area contributed by atoms with E-state index < -0.39 is 6.04 Å². The van der Waals surface area contributed by atoms with Gasteiger partial charge in [0.05, 0.1) is 29.8 Å². The molecule has 1 aromatic heterocycles. The highest BCUT2D eigenvalue weighted by atomic mass is 32.1. The summed E-state index contributed by atoms with van der Waals surface area (Å²) >= 11 is 1.44. The third-order valence-corrected chi connectivity index (χ3v) is 3.13. The summed E-state index contributed by atoms with van der Waals surface area (Å²) in [5.41, 5.74) is 2.57. The minimum absolute atomic E-state index is 0.302. The smallest absolute Gasteiger partial charge is 0.328 e. The van der Waals surface area contributed by atoms with Crippen molar-refractivity contribution in [3.8, 4) is 0 Å². The van der Waals surface area contributed by atoms with Crippen molar-refractivity contribution in [1.82, 2.24) is 10.3 Å². The van der Waals surface area contributed by atoms with Crippen LogP contribution in [0.1, 0.15) is 16.6 Å². The largest absolute Gasteiger partial charge is 0.468 e. The molecule has 0 saturated carbocycles. The van der Waals surface area contributed by atoms with Crippen LogP contribution in [0, 0.1) is 6.92 Å².